The van der Waals surface area contributed by atoms with Crippen molar-refractivity contribution < 1.29 is 18.7 Å². The van der Waals surface area contributed by atoms with Gasteiger partial charge < -0.3 is 35.8 Å². The number of benzene rings is 2. The maximum Gasteiger partial charge on any atom is 0.410 e. The van der Waals surface area contributed by atoms with Crippen molar-refractivity contribution in [3.63, 3.8) is 0 Å². The summed E-state index contributed by atoms with van der Waals surface area (Å²) < 4.78 is 20.5. The summed E-state index contributed by atoms with van der Waals surface area (Å²) >= 11 is 17.9. The molecular weight excluding hydrogens is 1330 g/mol. The van der Waals surface area contributed by atoms with E-state index in [1.54, 1.807) is 61.2 Å². The molecule has 4 fully saturated rings. The van der Waals surface area contributed by atoms with E-state index in [2.05, 4.69) is 125 Å². The molecule has 0 bridgehead atoms. The smallest absolute Gasteiger partial charge is 0.410 e. The van der Waals surface area contributed by atoms with Crippen molar-refractivity contribution in [2.75, 3.05) is 71.8 Å². The van der Waals surface area contributed by atoms with Crippen molar-refractivity contribution in [1.29, 1.82) is 0 Å². The molecule has 2 amide bonds. The minimum absolute atomic E-state index is 0.213. The van der Waals surface area contributed by atoms with Gasteiger partial charge in [0.25, 0.3) is 0 Å². The predicted octanol–water partition coefficient (Wildman–Crippen LogP) is 17.9. The van der Waals surface area contributed by atoms with Crippen molar-refractivity contribution >= 4 is 102 Å². The number of nitrogens with zero attached hydrogens (tertiary/aromatic N) is 11. The van der Waals surface area contributed by atoms with E-state index in [4.69, 9.17) is 65.2 Å². The summed E-state index contributed by atoms with van der Waals surface area (Å²) in [6.07, 6.45) is 16.1. The van der Waals surface area contributed by atoms with Crippen LogP contribution in [-0.2, 0) is 4.74 Å². The zero-order chi connectivity index (χ0) is 71.5. The Labute approximate surface area is 608 Å². The van der Waals surface area contributed by atoms with Gasteiger partial charge in [-0.25, -0.2) is 29.1 Å². The molecule has 101 heavy (non-hydrogen) atoms. The third-order valence-electron chi connectivity index (χ3n) is 20.8. The number of hydrogen-bond acceptors (Lipinski definition) is 15. The summed E-state index contributed by atoms with van der Waals surface area (Å²) in [4.78, 5) is 66.3. The Bertz CT molecular complexity index is 4490. The first kappa shape index (κ1) is 74.1. The Morgan fingerprint density at radius 1 is 0.515 bits per heavy atom. The lowest BCUT2D eigenvalue weighted by Crippen LogP contribution is -2.42. The first-order chi connectivity index (χ1) is 48.5. The molecule has 4 saturated heterocycles. The summed E-state index contributed by atoms with van der Waals surface area (Å²) in [6, 6.07) is 35.9. The number of ether oxygens (including phenoxy) is 1. The summed E-state index contributed by atoms with van der Waals surface area (Å²) in [7, 11) is 4.37. The zero-order valence-electron chi connectivity index (χ0n) is 59.4. The average Bonchev–Trinajstić information content (AvgIpc) is 0.837. The summed E-state index contributed by atoms with van der Waals surface area (Å²) in [5.74, 6) is 3.87. The molecule has 4 aliphatic rings. The lowest BCUT2D eigenvalue weighted by atomic mass is 9.83. The first-order valence-corrected chi connectivity index (χ1v) is 36.7. The molecule has 0 radical (unpaired) electrons. The molecule has 14 rings (SSSR count). The first-order valence-electron chi connectivity index (χ1n) is 35.5. The van der Waals surface area contributed by atoms with Gasteiger partial charge in [-0.05, 0) is 233 Å². The van der Waals surface area contributed by atoms with E-state index in [0.29, 0.717) is 73.6 Å². The molecule has 0 aliphatic carbocycles. The molecule has 21 heteroatoms. The molecule has 4 atom stereocenters. The highest BCUT2D eigenvalue weighted by Crippen LogP contribution is 2.37. The number of carbonyl (C=O) groups is 2. The largest absolute Gasteiger partial charge is 0.444 e. The molecule has 8 aromatic heterocycles. The van der Waals surface area contributed by atoms with Crippen LogP contribution >= 0.6 is 34.8 Å². The average molecular weight is 1430 g/mol. The molecule has 4 unspecified atom stereocenters. The zero-order valence-corrected chi connectivity index (χ0v) is 61.7. The number of likely N-dealkylation sites (tertiary alicyclic amines) is 3. The molecule has 2 aromatic carbocycles. The van der Waals surface area contributed by atoms with Gasteiger partial charge in [-0.15, -0.1) is 0 Å². The van der Waals surface area contributed by atoms with Crippen LogP contribution < -0.4 is 16.4 Å². The molecule has 0 saturated carbocycles. The monoisotopic (exact) mass is 1420 g/mol. The second-order valence-corrected chi connectivity index (χ2v) is 30.1. The van der Waals surface area contributed by atoms with Crippen LogP contribution in [0.25, 0.3) is 54.7 Å². The normalized spacial score (nSPS) is 17.4. The number of fused-ring (bicyclic) bond motifs is 4. The van der Waals surface area contributed by atoms with Gasteiger partial charge in [-0.1, -0.05) is 80.7 Å². The Morgan fingerprint density at radius 2 is 0.901 bits per heavy atom. The van der Waals surface area contributed by atoms with E-state index in [0.717, 1.165) is 125 Å². The summed E-state index contributed by atoms with van der Waals surface area (Å²) in [5, 5.41) is 12.0. The lowest BCUT2D eigenvalue weighted by Gasteiger charge is -2.35. The third kappa shape index (κ3) is 19.8. The number of pyridine rings is 8. The van der Waals surface area contributed by atoms with Crippen LogP contribution in [0.4, 0.5) is 20.7 Å². The van der Waals surface area contributed by atoms with E-state index in [9.17, 15) is 14.0 Å². The molecule has 0 spiro atoms. The number of amides is 2. The molecule has 12 heterocycles. The molecule has 530 valence electrons. The maximum absolute atomic E-state index is 15.0. The molecule has 4 aliphatic heterocycles. The van der Waals surface area contributed by atoms with Crippen LogP contribution in [0.15, 0.2) is 140 Å². The standard InChI is InChI=1S/C29H30FN5O.C20H26ClN3O2.C16H20ClN3.C15H18ClN3/c1-18(19-10-12-35(2)13-11-19)25-8-7-23-17-32-28(16-27(23)33-25)34-26-9-6-21(15-24(26)30)20-4-3-5-22(14-20)29(31)36;1-13(16-6-5-15-12-22-18(21)11-17(15)23-16)14-7-9-24(10-8-14)19(25)26-20(2,3)4;1-11(12-5-7-20(2)8-6-12)14-4-3-13-10-18-16(17)9-15(13)19-14;1-10(11-4-6-17-7-5-11)13-3-2-12-9-18-15(16)8-14(12)19-13/h3-9,14-19H,10-13H2,1-2H3,(H2,31,36)(H,32,34);5-6,11-14H,7-10H2,1-4H3;3-4,9-12H,5-8H2,1-2H3;2-3,8-11,17H,4-7H2,1H3. The van der Waals surface area contributed by atoms with Crippen molar-refractivity contribution in [3.8, 4) is 11.1 Å². The summed E-state index contributed by atoms with van der Waals surface area (Å²) in [6.45, 7) is 23.1. The van der Waals surface area contributed by atoms with Crippen molar-refractivity contribution in [1.82, 2.24) is 59.9 Å². The van der Waals surface area contributed by atoms with E-state index >= 15 is 0 Å². The number of carbonyl (C=O) groups excluding carboxylic acids is 2. The number of nitrogens with two attached hydrogens (primary N) is 1. The number of halogens is 4. The molecule has 4 N–H and O–H groups in total. The number of primary amides is 1. The predicted molar refractivity (Wildman–Crippen MR) is 407 cm³/mol. The van der Waals surface area contributed by atoms with Gasteiger partial charge in [0.15, 0.2) is 0 Å². The van der Waals surface area contributed by atoms with Crippen LogP contribution in [0, 0.1) is 29.5 Å². The van der Waals surface area contributed by atoms with Gasteiger partial charge in [-0.3, -0.25) is 24.7 Å². The fourth-order valence-corrected chi connectivity index (χ4v) is 14.7. The van der Waals surface area contributed by atoms with Gasteiger partial charge in [-0.2, -0.15) is 0 Å². The number of hydrogen-bond donors (Lipinski definition) is 3. The number of nitrogens with one attached hydrogen (secondary N) is 2. The third-order valence-corrected chi connectivity index (χ3v) is 21.4. The Hall–Kier alpha value is -8.10. The highest BCUT2D eigenvalue weighted by atomic mass is 35.5. The molecule has 17 nitrogen and oxygen atoms in total. The Morgan fingerprint density at radius 3 is 1.31 bits per heavy atom. The van der Waals surface area contributed by atoms with Gasteiger partial charge >= 0.3 is 6.09 Å². The van der Waals surface area contributed by atoms with Crippen LogP contribution in [0.5, 0.6) is 0 Å². The van der Waals surface area contributed by atoms with E-state index in [1.165, 1.54) is 69.1 Å². The van der Waals surface area contributed by atoms with Gasteiger partial charge in [0.1, 0.15) is 32.7 Å². The quantitative estimate of drug-likeness (QED) is 0.0973. The van der Waals surface area contributed by atoms with Crippen molar-refractivity contribution in [3.05, 3.63) is 190 Å². The topological polar surface area (TPSA) is 206 Å². The fourth-order valence-electron chi connectivity index (χ4n) is 14.2. The molecular formula is C80H94Cl3FN14O3. The highest BCUT2D eigenvalue weighted by molar-refractivity contribution is 6.30. The van der Waals surface area contributed by atoms with Crippen LogP contribution in [-0.4, -0.2) is 139 Å². The SMILES string of the molecule is CC(c1ccc2cnc(Cl)cc2n1)C1CCN(C(=O)OC(C)(C)C)CC1.CC(c1ccc2cnc(Cl)cc2n1)C1CCN(C)CC1.CC(c1ccc2cnc(Cl)cc2n1)C1CCNCC1.CC(c1ccc2cnc(Nc3ccc(-c4cccc(C(N)=O)c4)cc3F)cc2n1)C1CCN(C)CC1. The number of anilines is 2. The molecule has 10 aromatic rings. The lowest BCUT2D eigenvalue weighted by molar-refractivity contribution is 0.0175. The number of rotatable bonds is 12. The van der Waals surface area contributed by atoms with Crippen LogP contribution in [0.1, 0.15) is 157 Å². The highest BCUT2D eigenvalue weighted by Gasteiger charge is 2.31. The van der Waals surface area contributed by atoms with E-state index in [-0.39, 0.29) is 6.09 Å². The summed E-state index contributed by atoms with van der Waals surface area (Å²) in [5.41, 5.74) is 15.1. The Balaban J connectivity index is 0.000000140. The van der Waals surface area contributed by atoms with Gasteiger partial charge in [0, 0.05) is 136 Å². The second kappa shape index (κ2) is 33.8. The van der Waals surface area contributed by atoms with Crippen LogP contribution in [0.3, 0.4) is 0 Å². The van der Waals surface area contributed by atoms with Gasteiger partial charge in [0.05, 0.1) is 27.8 Å². The number of piperidine rings is 4. The van der Waals surface area contributed by atoms with E-state index in [1.807, 2.05) is 56.0 Å². The van der Waals surface area contributed by atoms with Crippen molar-refractivity contribution in [2.45, 2.75) is 129 Å². The number of aromatic nitrogens is 8. The van der Waals surface area contributed by atoms with Crippen molar-refractivity contribution in [2.24, 2.45) is 29.4 Å². The Kier molecular flexibility index (Phi) is 24.8. The minimum Gasteiger partial charge on any atom is -0.444 e. The minimum atomic E-state index is -0.518. The van der Waals surface area contributed by atoms with Gasteiger partial charge in [0.2, 0.25) is 5.91 Å². The fraction of sp³-hybridized carbons (Fsp3) is 0.425. The second-order valence-electron chi connectivity index (χ2n) is 28.9. The van der Waals surface area contributed by atoms with E-state index < -0.39 is 17.3 Å². The maximum atomic E-state index is 15.0. The van der Waals surface area contributed by atoms with Crippen LogP contribution in [0.2, 0.25) is 15.5 Å².